The number of rotatable bonds is 4. The van der Waals surface area contributed by atoms with Crippen molar-refractivity contribution in [2.45, 2.75) is 18.2 Å². The molecule has 2 aliphatic heterocycles. The van der Waals surface area contributed by atoms with E-state index < -0.39 is 5.72 Å². The molecule has 0 aliphatic carbocycles. The number of hydrogen-bond acceptors (Lipinski definition) is 3. The average molecular weight is 555 g/mol. The summed E-state index contributed by atoms with van der Waals surface area (Å²) < 4.78 is 7.32. The van der Waals surface area contributed by atoms with Gasteiger partial charge in [0.25, 0.3) is 5.91 Å². The summed E-state index contributed by atoms with van der Waals surface area (Å²) in [4.78, 5) is 16.9. The van der Waals surface area contributed by atoms with E-state index in [9.17, 15) is 0 Å². The van der Waals surface area contributed by atoms with Gasteiger partial charge >= 0.3 is 0 Å². The highest BCUT2D eigenvalue weighted by Gasteiger charge is 2.54. The number of nitrogens with zero attached hydrogens (tertiary/aromatic N) is 1. The molecule has 0 unspecified atom stereocenters. The fraction of sp³-hybridized carbons (Fsp3) is 0.0833. The maximum Gasteiger partial charge on any atom is 0.266 e. The number of ether oxygens (including phenoxy) is 1. The van der Waals surface area contributed by atoms with Gasteiger partial charge in [-0.2, -0.15) is 0 Å². The van der Waals surface area contributed by atoms with E-state index in [1.54, 1.807) is 0 Å². The SMILES string of the molecule is O=C1C(c2ccccc2)=C(c2ccccc2)O[C@]2(c3ccccc3)C[C@H](c3ccccc3Cl)Nc3ccccc3N12. The molecular weight excluding hydrogens is 528 g/mol. The molecule has 0 bridgehead atoms. The van der Waals surface area contributed by atoms with Crippen LogP contribution in [0, 0.1) is 0 Å². The van der Waals surface area contributed by atoms with E-state index in [1.165, 1.54) is 0 Å². The first-order valence-corrected chi connectivity index (χ1v) is 14.1. The molecule has 200 valence electrons. The van der Waals surface area contributed by atoms with Crippen LogP contribution in [0.5, 0.6) is 0 Å². The van der Waals surface area contributed by atoms with Gasteiger partial charge in [0.15, 0.2) is 0 Å². The first-order valence-electron chi connectivity index (χ1n) is 13.7. The molecule has 0 spiro atoms. The van der Waals surface area contributed by atoms with Crippen molar-refractivity contribution in [3.05, 3.63) is 167 Å². The second kappa shape index (κ2) is 10.3. The third-order valence-corrected chi connectivity index (χ3v) is 8.18. The summed E-state index contributed by atoms with van der Waals surface area (Å²) in [6.07, 6.45) is 0.416. The van der Waals surface area contributed by atoms with Crippen LogP contribution in [0.1, 0.15) is 34.7 Å². The first kappa shape index (κ1) is 25.2. The Morgan fingerprint density at radius 2 is 1.29 bits per heavy atom. The Labute approximate surface area is 244 Å². The Balaban J connectivity index is 1.55. The number of carbonyl (C=O) groups excluding carboxylic acids is 1. The second-order valence-electron chi connectivity index (χ2n) is 10.3. The number of carbonyl (C=O) groups is 1. The zero-order chi connectivity index (χ0) is 27.8. The third-order valence-electron chi connectivity index (χ3n) is 7.84. The molecule has 5 heteroatoms. The Kier molecular flexibility index (Phi) is 6.33. The van der Waals surface area contributed by atoms with Crippen LogP contribution in [0.15, 0.2) is 140 Å². The van der Waals surface area contributed by atoms with Gasteiger partial charge in [0.1, 0.15) is 5.76 Å². The lowest BCUT2D eigenvalue weighted by Crippen LogP contribution is -2.55. The largest absolute Gasteiger partial charge is 0.462 e. The van der Waals surface area contributed by atoms with Gasteiger partial charge in [0.2, 0.25) is 5.72 Å². The smallest absolute Gasteiger partial charge is 0.266 e. The molecule has 5 aromatic rings. The molecule has 1 amide bonds. The highest BCUT2D eigenvalue weighted by molar-refractivity contribution is 6.33. The highest BCUT2D eigenvalue weighted by atomic mass is 35.5. The van der Waals surface area contributed by atoms with E-state index in [0.717, 1.165) is 33.6 Å². The van der Waals surface area contributed by atoms with Crippen LogP contribution in [-0.2, 0) is 15.3 Å². The van der Waals surface area contributed by atoms with Crippen molar-refractivity contribution in [1.29, 1.82) is 0 Å². The predicted octanol–water partition coefficient (Wildman–Crippen LogP) is 8.68. The number of halogens is 1. The summed E-state index contributed by atoms with van der Waals surface area (Å²) in [7, 11) is 0. The Morgan fingerprint density at radius 3 is 2.00 bits per heavy atom. The maximum absolute atomic E-state index is 15.1. The average Bonchev–Trinajstić information content (AvgIpc) is 3.18. The number of fused-ring (bicyclic) bond motifs is 3. The van der Waals surface area contributed by atoms with E-state index in [4.69, 9.17) is 16.3 Å². The summed E-state index contributed by atoms with van der Waals surface area (Å²) in [5.74, 6) is 0.429. The van der Waals surface area contributed by atoms with E-state index in [0.29, 0.717) is 22.8 Å². The predicted molar refractivity (Wildman–Crippen MR) is 165 cm³/mol. The van der Waals surface area contributed by atoms with Crippen molar-refractivity contribution in [1.82, 2.24) is 0 Å². The van der Waals surface area contributed by atoms with Crippen molar-refractivity contribution >= 4 is 40.2 Å². The minimum atomic E-state index is -1.18. The van der Waals surface area contributed by atoms with Gasteiger partial charge in [-0.15, -0.1) is 0 Å². The van der Waals surface area contributed by atoms with Gasteiger partial charge < -0.3 is 10.1 Å². The zero-order valence-electron chi connectivity index (χ0n) is 22.2. The number of benzene rings is 5. The lowest BCUT2D eigenvalue weighted by atomic mass is 9.86. The number of hydrogen-bond donors (Lipinski definition) is 1. The van der Waals surface area contributed by atoms with Gasteiger partial charge in [0, 0.05) is 22.6 Å². The molecule has 41 heavy (non-hydrogen) atoms. The number of para-hydroxylation sites is 2. The summed E-state index contributed by atoms with van der Waals surface area (Å²) in [5.41, 5.74) is 4.39. The monoisotopic (exact) mass is 554 g/mol. The standard InChI is InChI=1S/C36H27ClN2O2/c37-29-21-11-10-20-28(29)31-24-36(27-18-8-3-9-19-27)39(32-23-13-12-22-30(32)38-31)35(40)33(25-14-4-1-5-15-25)34(41-36)26-16-6-2-7-17-26/h1-23,31,38H,24H2/t31-,36+/m1/s1. The molecular formula is C36H27ClN2O2. The van der Waals surface area contributed by atoms with Crippen molar-refractivity contribution < 1.29 is 9.53 Å². The molecule has 7 rings (SSSR count). The highest BCUT2D eigenvalue weighted by Crippen LogP contribution is 2.54. The van der Waals surface area contributed by atoms with E-state index in [1.807, 2.05) is 144 Å². The van der Waals surface area contributed by atoms with Crippen molar-refractivity contribution in [2.24, 2.45) is 0 Å². The third kappa shape index (κ3) is 4.28. The Bertz CT molecular complexity index is 1750. The number of nitrogens with one attached hydrogen (secondary N) is 1. The molecule has 0 radical (unpaired) electrons. The summed E-state index contributed by atoms with van der Waals surface area (Å²) >= 11 is 6.79. The maximum atomic E-state index is 15.1. The normalized spacial score (nSPS) is 19.9. The molecule has 0 saturated heterocycles. The minimum Gasteiger partial charge on any atom is -0.462 e. The van der Waals surface area contributed by atoms with E-state index >= 15 is 4.79 Å². The molecule has 1 N–H and O–H groups in total. The van der Waals surface area contributed by atoms with Crippen LogP contribution in [0.2, 0.25) is 5.02 Å². The van der Waals surface area contributed by atoms with Crippen LogP contribution in [-0.4, -0.2) is 5.91 Å². The minimum absolute atomic E-state index is 0.126. The van der Waals surface area contributed by atoms with Gasteiger partial charge in [-0.1, -0.05) is 133 Å². The van der Waals surface area contributed by atoms with E-state index in [2.05, 4.69) is 5.32 Å². The van der Waals surface area contributed by atoms with E-state index in [-0.39, 0.29) is 11.9 Å². The summed E-state index contributed by atoms with van der Waals surface area (Å²) in [5, 5.41) is 4.38. The molecule has 0 fully saturated rings. The van der Waals surface area contributed by atoms with Crippen molar-refractivity contribution in [3.63, 3.8) is 0 Å². The van der Waals surface area contributed by atoms with Gasteiger partial charge in [0.05, 0.1) is 23.0 Å². The molecule has 4 nitrogen and oxygen atoms in total. The molecule has 0 aromatic heterocycles. The Morgan fingerprint density at radius 1 is 0.707 bits per heavy atom. The molecule has 5 aromatic carbocycles. The topological polar surface area (TPSA) is 41.6 Å². The van der Waals surface area contributed by atoms with Crippen LogP contribution in [0.25, 0.3) is 11.3 Å². The quantitative estimate of drug-likeness (QED) is 0.241. The lowest BCUT2D eigenvalue weighted by molar-refractivity contribution is -0.120. The molecule has 0 saturated carbocycles. The first-order chi connectivity index (χ1) is 20.2. The fourth-order valence-corrected chi connectivity index (χ4v) is 6.25. The number of anilines is 2. The van der Waals surface area contributed by atoms with Crippen molar-refractivity contribution in [2.75, 3.05) is 10.2 Å². The van der Waals surface area contributed by atoms with Crippen LogP contribution in [0.3, 0.4) is 0 Å². The second-order valence-corrected chi connectivity index (χ2v) is 10.7. The summed E-state index contributed by atoms with van der Waals surface area (Å²) in [6.45, 7) is 0. The molecule has 2 heterocycles. The van der Waals surface area contributed by atoms with Crippen LogP contribution >= 0.6 is 11.6 Å². The van der Waals surface area contributed by atoms with Gasteiger partial charge in [-0.25, -0.2) is 0 Å². The fourth-order valence-electron chi connectivity index (χ4n) is 5.98. The lowest BCUT2D eigenvalue weighted by Gasteiger charge is -2.48. The summed E-state index contributed by atoms with van der Waals surface area (Å²) in [6, 6.07) is 45.2. The zero-order valence-corrected chi connectivity index (χ0v) is 23.0. The van der Waals surface area contributed by atoms with Crippen LogP contribution in [0.4, 0.5) is 11.4 Å². The van der Waals surface area contributed by atoms with Gasteiger partial charge in [-0.05, 0) is 29.3 Å². The number of amides is 1. The van der Waals surface area contributed by atoms with Crippen molar-refractivity contribution in [3.8, 4) is 0 Å². The van der Waals surface area contributed by atoms with Gasteiger partial charge in [-0.3, -0.25) is 9.69 Å². The molecule has 2 aliphatic rings. The molecule has 2 atom stereocenters. The Hall–Kier alpha value is -4.80. The van der Waals surface area contributed by atoms with Crippen LogP contribution < -0.4 is 10.2 Å².